The minimum absolute atomic E-state index is 0.114. The molecule has 2 aromatic carbocycles. The summed E-state index contributed by atoms with van der Waals surface area (Å²) in [5.74, 6) is -0.793. The molecule has 0 unspecified atom stereocenters. The number of benzene rings is 2. The third-order valence-electron chi connectivity index (χ3n) is 4.21. The molecule has 1 aromatic heterocycles. The molecule has 0 aliphatic carbocycles. The maximum absolute atomic E-state index is 13.2. The van der Waals surface area contributed by atoms with Crippen molar-refractivity contribution in [3.05, 3.63) is 86.8 Å². The van der Waals surface area contributed by atoms with Gasteiger partial charge in [0.1, 0.15) is 11.5 Å². The lowest BCUT2D eigenvalue weighted by Crippen LogP contribution is -2.16. The van der Waals surface area contributed by atoms with Gasteiger partial charge in [-0.3, -0.25) is 9.59 Å². The SMILES string of the molecule is CCc1ccc(Oc2ccc(C(F)(F)F)cc2C(=O)Nc2cc[nH]c(=O)c2)c(Cl)c1. The van der Waals surface area contributed by atoms with Crippen LogP contribution in [0.4, 0.5) is 18.9 Å². The smallest absolute Gasteiger partial charge is 0.416 e. The minimum Gasteiger partial charge on any atom is -0.455 e. The average molecular weight is 437 g/mol. The summed E-state index contributed by atoms with van der Waals surface area (Å²) in [5.41, 5.74) is -0.778. The van der Waals surface area contributed by atoms with Crippen LogP contribution in [0.25, 0.3) is 0 Å². The van der Waals surface area contributed by atoms with Crippen molar-refractivity contribution >= 4 is 23.2 Å². The van der Waals surface area contributed by atoms with E-state index in [-0.39, 0.29) is 27.8 Å². The van der Waals surface area contributed by atoms with Crippen molar-refractivity contribution in [2.45, 2.75) is 19.5 Å². The van der Waals surface area contributed by atoms with Gasteiger partial charge in [0.25, 0.3) is 5.91 Å². The molecule has 0 atom stereocenters. The van der Waals surface area contributed by atoms with Crippen molar-refractivity contribution in [1.82, 2.24) is 4.98 Å². The number of nitrogens with one attached hydrogen (secondary N) is 2. The highest BCUT2D eigenvalue weighted by Crippen LogP contribution is 2.36. The van der Waals surface area contributed by atoms with Crippen molar-refractivity contribution < 1.29 is 22.7 Å². The van der Waals surface area contributed by atoms with Crippen LogP contribution in [-0.4, -0.2) is 10.9 Å². The van der Waals surface area contributed by atoms with Gasteiger partial charge in [-0.1, -0.05) is 24.6 Å². The molecular weight excluding hydrogens is 421 g/mol. The molecule has 2 N–H and O–H groups in total. The maximum atomic E-state index is 13.2. The summed E-state index contributed by atoms with van der Waals surface area (Å²) in [6.45, 7) is 1.94. The second kappa shape index (κ2) is 8.62. The van der Waals surface area contributed by atoms with Crippen molar-refractivity contribution in [2.24, 2.45) is 0 Å². The summed E-state index contributed by atoms with van der Waals surface area (Å²) in [6, 6.07) is 10.1. The van der Waals surface area contributed by atoms with Gasteiger partial charge in [-0.05, 0) is 48.4 Å². The Bertz CT molecular complexity index is 1140. The Morgan fingerprint density at radius 1 is 1.10 bits per heavy atom. The van der Waals surface area contributed by atoms with Gasteiger partial charge >= 0.3 is 6.18 Å². The summed E-state index contributed by atoms with van der Waals surface area (Å²) in [5, 5.41) is 2.66. The van der Waals surface area contributed by atoms with E-state index in [0.29, 0.717) is 6.07 Å². The minimum atomic E-state index is -4.65. The molecule has 0 aliphatic heterocycles. The summed E-state index contributed by atoms with van der Waals surface area (Å²) < 4.78 is 45.2. The predicted molar refractivity (Wildman–Crippen MR) is 107 cm³/mol. The van der Waals surface area contributed by atoms with Gasteiger partial charge in [0.2, 0.25) is 5.56 Å². The Labute approximate surface area is 174 Å². The molecule has 0 fully saturated rings. The van der Waals surface area contributed by atoms with Crippen LogP contribution < -0.4 is 15.6 Å². The van der Waals surface area contributed by atoms with Crippen molar-refractivity contribution in [3.8, 4) is 11.5 Å². The molecule has 0 saturated heterocycles. The fourth-order valence-electron chi connectivity index (χ4n) is 2.66. The summed E-state index contributed by atoms with van der Waals surface area (Å²) in [4.78, 5) is 26.5. The molecule has 30 heavy (non-hydrogen) atoms. The Hall–Kier alpha value is -3.26. The molecule has 9 heteroatoms. The van der Waals surface area contributed by atoms with Crippen LogP contribution in [-0.2, 0) is 12.6 Å². The average Bonchev–Trinajstić information content (AvgIpc) is 2.68. The Morgan fingerprint density at radius 2 is 1.83 bits per heavy atom. The highest BCUT2D eigenvalue weighted by atomic mass is 35.5. The maximum Gasteiger partial charge on any atom is 0.416 e. The second-order valence-electron chi connectivity index (χ2n) is 6.32. The van der Waals surface area contributed by atoms with Gasteiger partial charge in [-0.2, -0.15) is 13.2 Å². The third kappa shape index (κ3) is 5.01. The van der Waals surface area contributed by atoms with Crippen LogP contribution in [0.1, 0.15) is 28.4 Å². The molecule has 0 bridgehead atoms. The van der Waals surface area contributed by atoms with Crippen LogP contribution >= 0.6 is 11.6 Å². The number of hydrogen-bond donors (Lipinski definition) is 2. The van der Waals surface area contributed by atoms with Crippen LogP contribution in [0.5, 0.6) is 11.5 Å². The molecule has 3 aromatic rings. The van der Waals surface area contributed by atoms with Gasteiger partial charge in [0.05, 0.1) is 16.1 Å². The second-order valence-corrected chi connectivity index (χ2v) is 6.73. The quantitative estimate of drug-likeness (QED) is 0.542. The van der Waals surface area contributed by atoms with Crippen LogP contribution in [0.15, 0.2) is 59.5 Å². The Balaban J connectivity index is 2.00. The van der Waals surface area contributed by atoms with Crippen molar-refractivity contribution in [2.75, 3.05) is 5.32 Å². The molecule has 3 rings (SSSR count). The normalized spacial score (nSPS) is 11.2. The zero-order valence-corrected chi connectivity index (χ0v) is 16.4. The first-order chi connectivity index (χ1) is 14.2. The van der Waals surface area contributed by atoms with Gasteiger partial charge in [0, 0.05) is 18.0 Å². The molecule has 156 valence electrons. The van der Waals surface area contributed by atoms with Crippen molar-refractivity contribution in [3.63, 3.8) is 0 Å². The number of aromatic nitrogens is 1. The number of H-pyrrole nitrogens is 1. The highest BCUT2D eigenvalue weighted by Gasteiger charge is 2.32. The number of hydrogen-bond acceptors (Lipinski definition) is 3. The zero-order chi connectivity index (χ0) is 21.9. The summed E-state index contributed by atoms with van der Waals surface area (Å²) in [6.07, 6.45) is -2.61. The number of halogens is 4. The van der Waals surface area contributed by atoms with E-state index in [1.54, 1.807) is 18.2 Å². The molecule has 1 heterocycles. The molecule has 0 aliphatic rings. The van der Waals surface area contributed by atoms with E-state index < -0.39 is 23.2 Å². The topological polar surface area (TPSA) is 71.2 Å². The van der Waals surface area contributed by atoms with Gasteiger partial charge in [-0.25, -0.2) is 0 Å². The van der Waals surface area contributed by atoms with Gasteiger partial charge in [0.15, 0.2) is 0 Å². The fourth-order valence-corrected chi connectivity index (χ4v) is 2.90. The number of rotatable bonds is 5. The van der Waals surface area contributed by atoms with Gasteiger partial charge in [-0.15, -0.1) is 0 Å². The molecule has 0 radical (unpaired) electrons. The van der Waals surface area contributed by atoms with Gasteiger partial charge < -0.3 is 15.0 Å². The first kappa shape index (κ1) is 21.4. The monoisotopic (exact) mass is 436 g/mol. The number of aromatic amines is 1. The predicted octanol–water partition coefficient (Wildman–Crippen LogP) is 5.65. The lowest BCUT2D eigenvalue weighted by molar-refractivity contribution is -0.137. The molecule has 5 nitrogen and oxygen atoms in total. The lowest BCUT2D eigenvalue weighted by Gasteiger charge is -2.15. The number of anilines is 1. The van der Waals surface area contributed by atoms with E-state index >= 15 is 0 Å². The zero-order valence-electron chi connectivity index (χ0n) is 15.6. The summed E-state index contributed by atoms with van der Waals surface area (Å²) in [7, 11) is 0. The van der Waals surface area contributed by atoms with E-state index in [1.165, 1.54) is 12.3 Å². The van der Waals surface area contributed by atoms with E-state index in [9.17, 15) is 22.8 Å². The first-order valence-electron chi connectivity index (χ1n) is 8.85. The summed E-state index contributed by atoms with van der Waals surface area (Å²) >= 11 is 6.20. The number of pyridine rings is 1. The Kier molecular flexibility index (Phi) is 6.17. The third-order valence-corrected chi connectivity index (χ3v) is 4.50. The van der Waals surface area contributed by atoms with E-state index in [0.717, 1.165) is 30.2 Å². The standard InChI is InChI=1S/C21H16ClF3N2O3/c1-2-12-3-5-18(16(22)9-12)30-17-6-4-13(21(23,24)25)10-15(17)20(29)27-14-7-8-26-19(28)11-14/h3-11H,2H2,1H3,(H2,26,27,28,29). The van der Waals surface area contributed by atoms with E-state index in [2.05, 4.69) is 10.3 Å². The molecule has 0 spiro atoms. The lowest BCUT2D eigenvalue weighted by atomic mass is 10.1. The van der Waals surface area contributed by atoms with Crippen molar-refractivity contribution in [1.29, 1.82) is 0 Å². The number of carbonyl (C=O) groups is 1. The highest BCUT2D eigenvalue weighted by molar-refractivity contribution is 6.32. The largest absolute Gasteiger partial charge is 0.455 e. The fraction of sp³-hybridized carbons (Fsp3) is 0.143. The number of aryl methyl sites for hydroxylation is 1. The van der Waals surface area contributed by atoms with Crippen LogP contribution in [0, 0.1) is 0 Å². The molecule has 1 amide bonds. The molecule has 0 saturated carbocycles. The number of alkyl halides is 3. The van der Waals surface area contributed by atoms with Crippen LogP contribution in [0.2, 0.25) is 5.02 Å². The molecular formula is C21H16ClF3N2O3. The number of amides is 1. The number of carbonyl (C=O) groups excluding carboxylic acids is 1. The van der Waals surface area contributed by atoms with E-state index in [1.807, 2.05) is 6.92 Å². The van der Waals surface area contributed by atoms with E-state index in [4.69, 9.17) is 16.3 Å². The van der Waals surface area contributed by atoms with Crippen LogP contribution in [0.3, 0.4) is 0 Å². The number of ether oxygens (including phenoxy) is 1. The Morgan fingerprint density at radius 3 is 2.47 bits per heavy atom. The first-order valence-corrected chi connectivity index (χ1v) is 9.23.